The SMILES string of the molecule is C=CC#CC(=C)C(=C)C(=O)OC. The van der Waals surface area contributed by atoms with Gasteiger partial charge in [0.1, 0.15) is 0 Å². The molecular formula is C10H10O2. The topological polar surface area (TPSA) is 26.3 Å². The molecule has 0 rings (SSSR count). The summed E-state index contributed by atoms with van der Waals surface area (Å²) in [6, 6.07) is 0. The molecule has 0 atom stereocenters. The number of rotatable bonds is 2. The first-order valence-corrected chi connectivity index (χ1v) is 3.22. The first kappa shape index (κ1) is 10.2. The molecule has 0 aliphatic heterocycles. The first-order valence-electron chi connectivity index (χ1n) is 3.22. The summed E-state index contributed by atoms with van der Waals surface area (Å²) in [6.07, 6.45) is 1.41. The van der Waals surface area contributed by atoms with Crippen LogP contribution in [0.3, 0.4) is 0 Å². The molecule has 0 heterocycles. The van der Waals surface area contributed by atoms with Gasteiger partial charge in [-0.05, 0) is 6.08 Å². The van der Waals surface area contributed by atoms with Gasteiger partial charge in [0.15, 0.2) is 0 Å². The highest BCUT2D eigenvalue weighted by atomic mass is 16.5. The Morgan fingerprint density at radius 1 is 1.50 bits per heavy atom. The van der Waals surface area contributed by atoms with E-state index in [1.807, 2.05) is 0 Å². The van der Waals surface area contributed by atoms with Crippen LogP contribution in [0, 0.1) is 11.8 Å². The van der Waals surface area contributed by atoms with Crippen LogP contribution in [-0.4, -0.2) is 13.1 Å². The van der Waals surface area contributed by atoms with Gasteiger partial charge in [-0.25, -0.2) is 4.79 Å². The molecule has 0 aromatic rings. The average molecular weight is 162 g/mol. The van der Waals surface area contributed by atoms with Gasteiger partial charge >= 0.3 is 5.97 Å². The third-order valence-corrected chi connectivity index (χ3v) is 1.12. The van der Waals surface area contributed by atoms with Crippen LogP contribution >= 0.6 is 0 Å². The van der Waals surface area contributed by atoms with Crippen molar-refractivity contribution in [3.05, 3.63) is 37.0 Å². The van der Waals surface area contributed by atoms with E-state index in [0.717, 1.165) is 0 Å². The van der Waals surface area contributed by atoms with Gasteiger partial charge in [-0.2, -0.15) is 0 Å². The van der Waals surface area contributed by atoms with Crippen molar-refractivity contribution in [1.29, 1.82) is 0 Å². The van der Waals surface area contributed by atoms with E-state index in [1.54, 1.807) is 0 Å². The number of methoxy groups -OCH3 is 1. The lowest BCUT2D eigenvalue weighted by molar-refractivity contribution is -0.135. The molecule has 0 N–H and O–H groups in total. The minimum Gasteiger partial charge on any atom is -0.465 e. The van der Waals surface area contributed by atoms with Gasteiger partial charge in [0, 0.05) is 5.57 Å². The van der Waals surface area contributed by atoms with Crippen molar-refractivity contribution in [1.82, 2.24) is 0 Å². The Morgan fingerprint density at radius 3 is 2.50 bits per heavy atom. The van der Waals surface area contributed by atoms with E-state index in [2.05, 4.69) is 36.3 Å². The Bertz CT molecular complexity index is 287. The lowest BCUT2D eigenvalue weighted by Crippen LogP contribution is -2.04. The molecule has 0 saturated heterocycles. The van der Waals surface area contributed by atoms with Gasteiger partial charge in [-0.3, -0.25) is 0 Å². The molecule has 0 aliphatic rings. The Morgan fingerprint density at radius 2 is 2.08 bits per heavy atom. The van der Waals surface area contributed by atoms with Gasteiger partial charge in [0.05, 0.1) is 12.7 Å². The fourth-order valence-electron chi connectivity index (χ4n) is 0.460. The maximum atomic E-state index is 10.8. The fourth-order valence-corrected chi connectivity index (χ4v) is 0.460. The van der Waals surface area contributed by atoms with Crippen molar-refractivity contribution >= 4 is 5.97 Å². The number of hydrogen-bond acceptors (Lipinski definition) is 2. The van der Waals surface area contributed by atoms with E-state index < -0.39 is 5.97 Å². The number of esters is 1. The molecule has 0 aliphatic carbocycles. The zero-order valence-corrected chi connectivity index (χ0v) is 7.02. The number of carbonyl (C=O) groups excluding carboxylic acids is 1. The molecule has 2 heteroatoms. The first-order chi connectivity index (χ1) is 5.63. The summed E-state index contributed by atoms with van der Waals surface area (Å²) in [5.74, 6) is 4.62. The Kier molecular flexibility index (Phi) is 4.25. The highest BCUT2D eigenvalue weighted by molar-refractivity contribution is 5.93. The third kappa shape index (κ3) is 2.89. The van der Waals surface area contributed by atoms with E-state index in [9.17, 15) is 4.79 Å². The standard InChI is InChI=1S/C10H10O2/c1-5-6-7-8(2)9(3)10(11)12-4/h5H,1-3H2,4H3. The summed E-state index contributed by atoms with van der Waals surface area (Å²) >= 11 is 0. The largest absolute Gasteiger partial charge is 0.465 e. The second-order valence-electron chi connectivity index (χ2n) is 1.92. The van der Waals surface area contributed by atoms with Crippen LogP contribution in [0.1, 0.15) is 0 Å². The van der Waals surface area contributed by atoms with Gasteiger partial charge in [0.2, 0.25) is 0 Å². The van der Waals surface area contributed by atoms with Crippen LogP contribution in [0.15, 0.2) is 37.0 Å². The third-order valence-electron chi connectivity index (χ3n) is 1.12. The minimum atomic E-state index is -0.515. The van der Waals surface area contributed by atoms with Crippen LogP contribution in [0.2, 0.25) is 0 Å². The highest BCUT2D eigenvalue weighted by Crippen LogP contribution is 2.04. The maximum absolute atomic E-state index is 10.8. The molecule has 0 unspecified atom stereocenters. The summed E-state index contributed by atoms with van der Waals surface area (Å²) in [5.41, 5.74) is 0.522. The highest BCUT2D eigenvalue weighted by Gasteiger charge is 2.07. The molecule has 0 fully saturated rings. The van der Waals surface area contributed by atoms with Crippen molar-refractivity contribution in [2.75, 3.05) is 7.11 Å². The van der Waals surface area contributed by atoms with Gasteiger partial charge in [-0.1, -0.05) is 31.6 Å². The van der Waals surface area contributed by atoms with E-state index in [1.165, 1.54) is 13.2 Å². The maximum Gasteiger partial charge on any atom is 0.338 e. The molecule has 62 valence electrons. The second kappa shape index (κ2) is 4.97. The van der Waals surface area contributed by atoms with E-state index >= 15 is 0 Å². The summed E-state index contributed by atoms with van der Waals surface area (Å²) in [6.45, 7) is 10.4. The van der Waals surface area contributed by atoms with Crippen LogP contribution < -0.4 is 0 Å². The number of hydrogen-bond donors (Lipinski definition) is 0. The van der Waals surface area contributed by atoms with Crippen LogP contribution in [0.5, 0.6) is 0 Å². The monoisotopic (exact) mass is 162 g/mol. The summed E-state index contributed by atoms with van der Waals surface area (Å²) in [7, 11) is 1.28. The molecule has 0 spiro atoms. The summed E-state index contributed by atoms with van der Waals surface area (Å²) < 4.78 is 4.42. The van der Waals surface area contributed by atoms with Crippen molar-refractivity contribution in [3.8, 4) is 11.8 Å². The van der Waals surface area contributed by atoms with Crippen molar-refractivity contribution in [2.24, 2.45) is 0 Å². The predicted octanol–water partition coefficient (Wildman–Crippen LogP) is 1.46. The van der Waals surface area contributed by atoms with Crippen LogP contribution in [0.25, 0.3) is 0 Å². The fraction of sp³-hybridized carbons (Fsp3) is 0.100. The van der Waals surface area contributed by atoms with Gasteiger partial charge in [0.25, 0.3) is 0 Å². The molecule has 12 heavy (non-hydrogen) atoms. The summed E-state index contributed by atoms with van der Waals surface area (Å²) in [4.78, 5) is 10.8. The van der Waals surface area contributed by atoms with Crippen molar-refractivity contribution in [2.45, 2.75) is 0 Å². The molecule has 0 saturated carbocycles. The second-order valence-corrected chi connectivity index (χ2v) is 1.92. The molecule has 0 amide bonds. The smallest absolute Gasteiger partial charge is 0.338 e. The molecule has 2 nitrogen and oxygen atoms in total. The van der Waals surface area contributed by atoms with Crippen molar-refractivity contribution < 1.29 is 9.53 Å². The normalized spacial score (nSPS) is 7.42. The van der Waals surface area contributed by atoms with E-state index in [0.29, 0.717) is 5.57 Å². The van der Waals surface area contributed by atoms with Crippen molar-refractivity contribution in [3.63, 3.8) is 0 Å². The molecule has 0 bridgehead atoms. The quantitative estimate of drug-likeness (QED) is 0.266. The van der Waals surface area contributed by atoms with E-state index in [-0.39, 0.29) is 5.57 Å². The van der Waals surface area contributed by atoms with E-state index in [4.69, 9.17) is 0 Å². The average Bonchev–Trinajstić information content (AvgIpc) is 2.11. The molecule has 0 aromatic carbocycles. The predicted molar refractivity (Wildman–Crippen MR) is 48.3 cm³/mol. The number of allylic oxidation sites excluding steroid dienone is 1. The zero-order chi connectivity index (χ0) is 9.56. The number of carbonyl (C=O) groups is 1. The van der Waals surface area contributed by atoms with Gasteiger partial charge < -0.3 is 4.74 Å². The van der Waals surface area contributed by atoms with Gasteiger partial charge in [-0.15, -0.1) is 0 Å². The Hall–Kier alpha value is -1.75. The molecule has 0 radical (unpaired) electrons. The zero-order valence-electron chi connectivity index (χ0n) is 7.02. The van der Waals surface area contributed by atoms with Crippen LogP contribution in [0.4, 0.5) is 0 Å². The number of ether oxygens (including phenoxy) is 1. The lowest BCUT2D eigenvalue weighted by atomic mass is 10.1. The Labute approximate surface area is 72.2 Å². The van der Waals surface area contributed by atoms with Crippen LogP contribution in [-0.2, 0) is 9.53 Å². The minimum absolute atomic E-state index is 0.173. The lowest BCUT2D eigenvalue weighted by Gasteiger charge is -1.99. The molecular weight excluding hydrogens is 152 g/mol. The molecule has 0 aromatic heterocycles. The summed E-state index contributed by atoms with van der Waals surface area (Å²) in [5, 5.41) is 0. The Balaban J connectivity index is 4.40.